The number of thioether (sulfide) groups is 1. The number of aromatic nitrogens is 1. The lowest BCUT2D eigenvalue weighted by Crippen LogP contribution is -2.46. The molecule has 18 heteroatoms. The fraction of sp³-hybridized carbons (Fsp3) is 0.370. The van der Waals surface area contributed by atoms with E-state index in [2.05, 4.69) is 43.2 Å². The zero-order valence-electron chi connectivity index (χ0n) is 42.0. The van der Waals surface area contributed by atoms with Gasteiger partial charge in [-0.1, -0.05) is 69.6 Å². The molecule has 72 heavy (non-hydrogen) atoms. The van der Waals surface area contributed by atoms with Gasteiger partial charge in [0.2, 0.25) is 0 Å². The number of halogens is 5. The Hall–Kier alpha value is -4.65. The van der Waals surface area contributed by atoms with Gasteiger partial charge in [-0.15, -0.1) is 11.8 Å². The van der Waals surface area contributed by atoms with Gasteiger partial charge in [-0.2, -0.15) is 13.2 Å². The molecule has 1 aromatic heterocycles. The Balaban J connectivity index is 0.00000418. The predicted molar refractivity (Wildman–Crippen MR) is 296 cm³/mol. The average molecular weight is 1090 g/mol. The Morgan fingerprint density at radius 3 is 2.01 bits per heavy atom. The molecule has 1 fully saturated rings. The minimum Gasteiger partial charge on any atom is -0.380 e. The van der Waals surface area contributed by atoms with Crippen LogP contribution in [-0.2, 0) is 20.6 Å². The van der Waals surface area contributed by atoms with Gasteiger partial charge in [0.25, 0.3) is 9.84 Å². The fourth-order valence-corrected chi connectivity index (χ4v) is 12.7. The summed E-state index contributed by atoms with van der Waals surface area (Å²) >= 11 is 8.86. The van der Waals surface area contributed by atoms with Crippen molar-refractivity contribution in [2.24, 2.45) is 0 Å². The molecule has 6 aromatic rings. The monoisotopic (exact) mass is 1080 g/mol. The van der Waals surface area contributed by atoms with Gasteiger partial charge in [0.15, 0.2) is 0 Å². The Morgan fingerprint density at radius 2 is 1.43 bits per heavy atom. The normalized spacial score (nSPS) is 14.0. The summed E-state index contributed by atoms with van der Waals surface area (Å²) in [5.41, 5.74) is 0.751. The van der Waals surface area contributed by atoms with Crippen molar-refractivity contribution in [3.63, 3.8) is 0 Å². The smallest absolute Gasteiger partial charge is 0.380 e. The summed E-state index contributed by atoms with van der Waals surface area (Å²) in [5.74, 6) is 0.121. The Kier molecular flexibility index (Phi) is 20.1. The molecular formula is C54H65ClF4N6O3S4. The standard InChI is InChI=1S/C52H59ClF4N6O3S4.C2H6/c1-7-60(8-2)25-24-42(34-67-45-12-10-9-11-13-45)58-47-23-22-46(33-48(47)70(65,66)52(55,56)57)68-59-41-18-20-43(21-19-41)61-26-28-62(29-27-61)44-31-38(30-40(54)32-44)49-50(37-14-16-39(53)17-15-37)63(35(3)4)36(5)51(49)69(6)64;1-2/h9-23,30-33,35,42,58-59H,7-8,24-29,34H2,1-6H3;1-2H3/t42-,69?;/m1./s1. The SMILES string of the molecule is CC.CCN(CC)CC[C@H](CSc1ccccc1)Nc1ccc(SNc2ccc(N3CCN(c4cc(F)cc(-c5c(S(C)=O)c(C)n(C(C)C)c5-c5ccc(Cl)cc5)c4)CC3)cc2)cc1S(=O)(=O)C(F)(F)F. The quantitative estimate of drug-likeness (QED) is 0.0438. The second kappa shape index (κ2) is 25.5. The average Bonchev–Trinajstić information content (AvgIpc) is 3.69. The highest BCUT2D eigenvalue weighted by atomic mass is 35.5. The summed E-state index contributed by atoms with van der Waals surface area (Å²) in [6.45, 7) is 19.0. The van der Waals surface area contributed by atoms with Gasteiger partial charge in [0.05, 0.1) is 27.1 Å². The highest BCUT2D eigenvalue weighted by molar-refractivity contribution is 8.00. The van der Waals surface area contributed by atoms with Crippen LogP contribution in [0.25, 0.3) is 22.4 Å². The number of alkyl halides is 3. The maximum Gasteiger partial charge on any atom is 0.501 e. The molecule has 0 saturated carbocycles. The first kappa shape index (κ1) is 56.6. The summed E-state index contributed by atoms with van der Waals surface area (Å²) in [6, 6.07) is 33.7. The van der Waals surface area contributed by atoms with Gasteiger partial charge in [-0.05, 0) is 148 Å². The molecular weight excluding hydrogens is 1020 g/mol. The summed E-state index contributed by atoms with van der Waals surface area (Å²) in [4.78, 5) is 7.74. The first-order valence-electron chi connectivity index (χ1n) is 24.2. The highest BCUT2D eigenvalue weighted by Gasteiger charge is 2.48. The second-order valence-electron chi connectivity index (χ2n) is 17.4. The van der Waals surface area contributed by atoms with Gasteiger partial charge in [0.1, 0.15) is 10.7 Å². The Bertz CT molecular complexity index is 2860. The molecule has 0 spiro atoms. The summed E-state index contributed by atoms with van der Waals surface area (Å²) in [5, 5.41) is 3.78. The van der Waals surface area contributed by atoms with Crippen LogP contribution in [0.5, 0.6) is 0 Å². The van der Waals surface area contributed by atoms with E-state index < -0.39 is 36.9 Å². The number of benzene rings is 5. The van der Waals surface area contributed by atoms with Crippen molar-refractivity contribution in [3.05, 3.63) is 132 Å². The molecule has 0 bridgehead atoms. The van der Waals surface area contributed by atoms with Gasteiger partial charge in [-0.25, -0.2) is 12.8 Å². The molecule has 2 N–H and O–H groups in total. The molecule has 1 saturated heterocycles. The highest BCUT2D eigenvalue weighted by Crippen LogP contribution is 2.44. The molecule has 2 atom stereocenters. The van der Waals surface area contributed by atoms with E-state index in [0.29, 0.717) is 71.0 Å². The maximum atomic E-state index is 15.7. The number of nitrogens with one attached hydrogen (secondary N) is 2. The molecule has 2 heterocycles. The van der Waals surface area contributed by atoms with Crippen molar-refractivity contribution >= 4 is 78.7 Å². The van der Waals surface area contributed by atoms with E-state index >= 15 is 4.39 Å². The third-order valence-electron chi connectivity index (χ3n) is 12.4. The Morgan fingerprint density at radius 1 is 0.806 bits per heavy atom. The van der Waals surface area contributed by atoms with Crippen molar-refractivity contribution in [2.75, 3.05) is 77.7 Å². The van der Waals surface area contributed by atoms with E-state index in [4.69, 9.17) is 11.6 Å². The zero-order chi connectivity index (χ0) is 52.3. The minimum absolute atomic E-state index is 0.0362. The topological polar surface area (TPSA) is 89.9 Å². The second-order valence-corrected chi connectivity index (χ2v) is 23.0. The Labute approximate surface area is 439 Å². The van der Waals surface area contributed by atoms with E-state index in [1.54, 1.807) is 24.1 Å². The number of hydrogen-bond acceptors (Lipinski definition) is 10. The van der Waals surface area contributed by atoms with Crippen LogP contribution in [0, 0.1) is 12.7 Å². The fourth-order valence-electron chi connectivity index (χ4n) is 8.87. The van der Waals surface area contributed by atoms with Crippen LogP contribution in [0.4, 0.5) is 40.3 Å². The lowest BCUT2D eigenvalue weighted by Gasteiger charge is -2.37. The first-order valence-corrected chi connectivity index (χ1v) is 29.4. The number of nitrogens with zero attached hydrogens (tertiary/aromatic N) is 4. The first-order chi connectivity index (χ1) is 34.4. The lowest BCUT2D eigenvalue weighted by atomic mass is 9.99. The number of hydrogen-bond donors (Lipinski definition) is 2. The molecule has 0 radical (unpaired) electrons. The summed E-state index contributed by atoms with van der Waals surface area (Å²) < 4.78 is 103. The number of piperazine rings is 1. The number of anilines is 4. The molecule has 5 aromatic carbocycles. The molecule has 0 aliphatic carbocycles. The van der Waals surface area contributed by atoms with Crippen molar-refractivity contribution in [3.8, 4) is 22.4 Å². The van der Waals surface area contributed by atoms with Crippen molar-refractivity contribution < 1.29 is 30.2 Å². The van der Waals surface area contributed by atoms with Crippen LogP contribution in [0.1, 0.15) is 59.7 Å². The maximum absolute atomic E-state index is 15.7. The third-order valence-corrected chi connectivity index (χ3v) is 17.3. The van der Waals surface area contributed by atoms with Crippen LogP contribution < -0.4 is 19.8 Å². The summed E-state index contributed by atoms with van der Waals surface area (Å²) in [6.07, 6.45) is 2.25. The molecule has 388 valence electrons. The van der Waals surface area contributed by atoms with Crippen LogP contribution in [0.15, 0.2) is 135 Å². The van der Waals surface area contributed by atoms with Crippen LogP contribution in [0.2, 0.25) is 5.02 Å². The van der Waals surface area contributed by atoms with Crippen molar-refractivity contribution in [1.82, 2.24) is 9.47 Å². The summed E-state index contributed by atoms with van der Waals surface area (Å²) in [7, 11) is -7.08. The minimum atomic E-state index is -5.71. The lowest BCUT2D eigenvalue weighted by molar-refractivity contribution is -0.0435. The molecule has 1 aliphatic rings. The molecule has 7 rings (SSSR count). The van der Waals surface area contributed by atoms with Gasteiger partial charge in [-0.3, -0.25) is 4.21 Å². The van der Waals surface area contributed by atoms with E-state index in [1.165, 1.54) is 18.2 Å². The van der Waals surface area contributed by atoms with Gasteiger partial charge >= 0.3 is 5.51 Å². The van der Waals surface area contributed by atoms with Crippen molar-refractivity contribution in [2.45, 2.75) is 92.1 Å². The molecule has 0 amide bonds. The number of sulfone groups is 1. The predicted octanol–water partition coefficient (Wildman–Crippen LogP) is 14.3. The van der Waals surface area contributed by atoms with Crippen LogP contribution in [0.3, 0.4) is 0 Å². The van der Waals surface area contributed by atoms with Crippen LogP contribution >= 0.6 is 35.3 Å². The van der Waals surface area contributed by atoms with Gasteiger partial charge < -0.3 is 29.3 Å². The van der Waals surface area contributed by atoms with Crippen LogP contribution in [-0.4, -0.2) is 91.5 Å². The largest absolute Gasteiger partial charge is 0.501 e. The van der Waals surface area contributed by atoms with Crippen molar-refractivity contribution in [1.29, 1.82) is 0 Å². The zero-order valence-corrected chi connectivity index (χ0v) is 46.0. The molecule has 1 unspecified atom stereocenters. The third kappa shape index (κ3) is 13.7. The molecule has 9 nitrogen and oxygen atoms in total. The van der Waals surface area contributed by atoms with E-state index in [1.807, 2.05) is 120 Å². The number of rotatable bonds is 20. The van der Waals surface area contributed by atoms with E-state index in [9.17, 15) is 25.8 Å². The van der Waals surface area contributed by atoms with E-state index in [0.717, 1.165) is 69.9 Å². The van der Waals surface area contributed by atoms with E-state index in [-0.39, 0.29) is 17.8 Å². The van der Waals surface area contributed by atoms with Gasteiger partial charge in [0, 0.05) is 99.9 Å². The molecule has 1 aliphatic heterocycles.